The molecule has 7 nitrogen and oxygen atoms in total. The Morgan fingerprint density at radius 3 is 2.74 bits per heavy atom. The minimum Gasteiger partial charge on any atom is -0.373 e. The van der Waals surface area contributed by atoms with Crippen LogP contribution >= 0.6 is 0 Å². The van der Waals surface area contributed by atoms with E-state index in [0.29, 0.717) is 29.1 Å². The molecule has 1 saturated carbocycles. The first-order valence-corrected chi connectivity index (χ1v) is 9.44. The van der Waals surface area contributed by atoms with E-state index in [1.165, 1.54) is 0 Å². The summed E-state index contributed by atoms with van der Waals surface area (Å²) in [6.07, 6.45) is 5.05. The van der Waals surface area contributed by atoms with Crippen LogP contribution in [0.25, 0.3) is 11.0 Å². The van der Waals surface area contributed by atoms with E-state index in [9.17, 15) is 15.2 Å². The lowest BCUT2D eigenvalue weighted by atomic mass is 9.88. The zero-order chi connectivity index (χ0) is 19.0. The summed E-state index contributed by atoms with van der Waals surface area (Å²) in [5.74, 6) is 0.342. The number of benzene rings is 1. The van der Waals surface area contributed by atoms with E-state index < -0.39 is 6.23 Å². The van der Waals surface area contributed by atoms with Gasteiger partial charge in [0.1, 0.15) is 23.3 Å². The van der Waals surface area contributed by atoms with E-state index in [4.69, 9.17) is 0 Å². The molecule has 1 aromatic carbocycles. The van der Waals surface area contributed by atoms with Crippen molar-refractivity contribution >= 4 is 22.6 Å². The van der Waals surface area contributed by atoms with Crippen molar-refractivity contribution in [2.45, 2.75) is 32.4 Å². The molecule has 4 rings (SSSR count). The number of piperidine rings is 1. The molecule has 3 atom stereocenters. The Bertz CT molecular complexity index is 905. The highest BCUT2D eigenvalue weighted by Gasteiger charge is 2.35. The van der Waals surface area contributed by atoms with E-state index >= 15 is 0 Å². The van der Waals surface area contributed by atoms with E-state index in [-0.39, 0.29) is 17.7 Å². The van der Waals surface area contributed by atoms with Crippen LogP contribution in [0.3, 0.4) is 0 Å². The van der Waals surface area contributed by atoms with Gasteiger partial charge in [-0.15, -0.1) is 0 Å². The van der Waals surface area contributed by atoms with Crippen molar-refractivity contribution < 1.29 is 9.90 Å². The molecule has 140 valence electrons. The molecule has 1 saturated heterocycles. The van der Waals surface area contributed by atoms with Gasteiger partial charge in [-0.1, -0.05) is 6.92 Å². The second-order valence-electron chi connectivity index (χ2n) is 7.73. The highest BCUT2D eigenvalue weighted by atomic mass is 16.3. The van der Waals surface area contributed by atoms with Crippen LogP contribution < -0.4 is 10.2 Å². The third-order valence-electron chi connectivity index (χ3n) is 5.44. The Morgan fingerprint density at radius 2 is 2.04 bits per heavy atom. The SMILES string of the molecule is C[C@H]1C[C@@H](C(O)NC(=O)C2CC2)CN(c2ccc(C#N)c3nccnc23)C1. The van der Waals surface area contributed by atoms with Crippen molar-refractivity contribution in [1.29, 1.82) is 5.26 Å². The number of anilines is 1. The molecule has 2 heterocycles. The maximum Gasteiger partial charge on any atom is 0.225 e. The molecular weight excluding hydrogens is 342 g/mol. The number of nitrogens with zero attached hydrogens (tertiary/aromatic N) is 4. The monoisotopic (exact) mass is 365 g/mol. The second-order valence-corrected chi connectivity index (χ2v) is 7.73. The lowest BCUT2D eigenvalue weighted by Crippen LogP contribution is -2.50. The highest BCUT2D eigenvalue weighted by molar-refractivity contribution is 5.92. The van der Waals surface area contributed by atoms with Crippen LogP contribution in [0.4, 0.5) is 5.69 Å². The number of amides is 1. The molecule has 1 aliphatic heterocycles. The maximum absolute atomic E-state index is 12.0. The first-order chi connectivity index (χ1) is 13.1. The molecule has 2 aromatic rings. The summed E-state index contributed by atoms with van der Waals surface area (Å²) in [6, 6.07) is 5.84. The number of carbonyl (C=O) groups is 1. The summed E-state index contributed by atoms with van der Waals surface area (Å²) in [7, 11) is 0. The summed E-state index contributed by atoms with van der Waals surface area (Å²) in [5, 5.41) is 22.7. The predicted molar refractivity (Wildman–Crippen MR) is 101 cm³/mol. The second kappa shape index (κ2) is 7.12. The van der Waals surface area contributed by atoms with Crippen molar-refractivity contribution in [2.75, 3.05) is 18.0 Å². The third kappa shape index (κ3) is 3.58. The van der Waals surface area contributed by atoms with Gasteiger partial charge < -0.3 is 15.3 Å². The number of rotatable bonds is 4. The topological polar surface area (TPSA) is 102 Å². The summed E-state index contributed by atoms with van der Waals surface area (Å²) in [4.78, 5) is 23.0. The lowest BCUT2D eigenvalue weighted by Gasteiger charge is -2.40. The number of carbonyl (C=O) groups excluding carboxylic acids is 1. The van der Waals surface area contributed by atoms with Crippen LogP contribution in [-0.2, 0) is 4.79 Å². The van der Waals surface area contributed by atoms with Gasteiger partial charge >= 0.3 is 0 Å². The Kier molecular flexibility index (Phi) is 4.66. The Hall–Kier alpha value is -2.72. The van der Waals surface area contributed by atoms with Crippen molar-refractivity contribution in [3.63, 3.8) is 0 Å². The molecule has 0 spiro atoms. The average Bonchev–Trinajstić information content (AvgIpc) is 3.52. The number of fused-ring (bicyclic) bond motifs is 1. The molecule has 1 amide bonds. The van der Waals surface area contributed by atoms with Crippen molar-refractivity contribution in [2.24, 2.45) is 17.8 Å². The first-order valence-electron chi connectivity index (χ1n) is 9.44. The van der Waals surface area contributed by atoms with E-state index in [1.807, 2.05) is 6.07 Å². The van der Waals surface area contributed by atoms with Crippen LogP contribution in [0.1, 0.15) is 31.7 Å². The number of hydrogen-bond acceptors (Lipinski definition) is 6. The summed E-state index contributed by atoms with van der Waals surface area (Å²) < 4.78 is 0. The summed E-state index contributed by atoms with van der Waals surface area (Å²) >= 11 is 0. The number of hydrogen-bond donors (Lipinski definition) is 2. The molecule has 1 aliphatic carbocycles. The average molecular weight is 365 g/mol. The summed E-state index contributed by atoms with van der Waals surface area (Å²) in [5.41, 5.74) is 2.70. The number of aromatic nitrogens is 2. The van der Waals surface area contributed by atoms with Gasteiger partial charge in [-0.2, -0.15) is 5.26 Å². The third-order valence-corrected chi connectivity index (χ3v) is 5.44. The Morgan fingerprint density at radius 1 is 1.30 bits per heavy atom. The Balaban J connectivity index is 1.59. The minimum atomic E-state index is -0.848. The molecule has 0 bridgehead atoms. The van der Waals surface area contributed by atoms with Gasteiger partial charge in [0.15, 0.2) is 0 Å². The van der Waals surface area contributed by atoms with Gasteiger partial charge in [-0.05, 0) is 37.3 Å². The van der Waals surface area contributed by atoms with Gasteiger partial charge in [0.05, 0.1) is 11.3 Å². The zero-order valence-electron chi connectivity index (χ0n) is 15.3. The molecule has 2 aliphatic rings. The fraction of sp³-hybridized carbons (Fsp3) is 0.500. The normalized spacial score (nSPS) is 23.7. The molecule has 1 unspecified atom stereocenters. The van der Waals surface area contributed by atoms with Gasteiger partial charge in [0.2, 0.25) is 5.91 Å². The predicted octanol–water partition coefficient (Wildman–Crippen LogP) is 1.81. The van der Waals surface area contributed by atoms with E-state index in [1.54, 1.807) is 18.5 Å². The summed E-state index contributed by atoms with van der Waals surface area (Å²) in [6.45, 7) is 3.59. The zero-order valence-corrected chi connectivity index (χ0v) is 15.3. The molecule has 2 fully saturated rings. The molecule has 2 N–H and O–H groups in total. The van der Waals surface area contributed by atoms with E-state index in [0.717, 1.165) is 31.5 Å². The number of nitriles is 1. The van der Waals surface area contributed by atoms with Crippen LogP contribution in [0.2, 0.25) is 0 Å². The fourth-order valence-corrected chi connectivity index (χ4v) is 3.94. The highest BCUT2D eigenvalue weighted by Crippen LogP contribution is 2.33. The van der Waals surface area contributed by atoms with Gasteiger partial charge in [0.25, 0.3) is 0 Å². The van der Waals surface area contributed by atoms with Gasteiger partial charge in [0, 0.05) is 37.3 Å². The van der Waals surface area contributed by atoms with Gasteiger partial charge in [-0.3, -0.25) is 14.8 Å². The van der Waals surface area contributed by atoms with Gasteiger partial charge in [-0.25, -0.2) is 0 Å². The van der Waals surface area contributed by atoms with Crippen LogP contribution in [0.5, 0.6) is 0 Å². The molecule has 27 heavy (non-hydrogen) atoms. The first kappa shape index (κ1) is 17.7. The van der Waals surface area contributed by atoms with Crippen molar-refractivity contribution in [3.8, 4) is 6.07 Å². The quantitative estimate of drug-likeness (QED) is 0.801. The minimum absolute atomic E-state index is 0.0398. The molecular formula is C20H23N5O2. The van der Waals surface area contributed by atoms with Crippen molar-refractivity contribution in [1.82, 2.24) is 15.3 Å². The molecule has 0 radical (unpaired) electrons. The smallest absolute Gasteiger partial charge is 0.225 e. The standard InChI is InChI=1S/C20H23N5O2/c1-12-8-15(20(27)24-19(26)13-2-3-13)11-25(10-12)16-5-4-14(9-21)17-18(16)23-7-6-22-17/h4-7,12-13,15,20,27H,2-3,8,10-11H2,1H3,(H,24,26)/t12-,15+,20?/m0/s1. The molecule has 7 heteroatoms. The number of nitrogens with one attached hydrogen (secondary N) is 1. The number of aliphatic hydroxyl groups excluding tert-OH is 1. The van der Waals surface area contributed by atoms with Crippen LogP contribution in [0.15, 0.2) is 24.5 Å². The maximum atomic E-state index is 12.0. The fourth-order valence-electron chi connectivity index (χ4n) is 3.94. The lowest BCUT2D eigenvalue weighted by molar-refractivity contribution is -0.126. The van der Waals surface area contributed by atoms with Crippen LogP contribution in [-0.4, -0.2) is 40.3 Å². The molecule has 1 aromatic heterocycles. The van der Waals surface area contributed by atoms with E-state index in [2.05, 4.69) is 33.2 Å². The Labute approximate surface area is 158 Å². The largest absolute Gasteiger partial charge is 0.373 e. The van der Waals surface area contributed by atoms with Crippen molar-refractivity contribution in [3.05, 3.63) is 30.1 Å². The number of aliphatic hydroxyl groups is 1. The van der Waals surface area contributed by atoms with Crippen LogP contribution in [0, 0.1) is 29.1 Å².